The Morgan fingerprint density at radius 1 is 1.00 bits per heavy atom. The van der Waals surface area contributed by atoms with Crippen LogP contribution in [0.5, 0.6) is 0 Å². The molecule has 0 aromatic heterocycles. The largest absolute Gasteiger partial charge is 0.398 e. The maximum absolute atomic E-state index is 12.1. The molecule has 3 N–H and O–H groups in total. The second-order valence-electron chi connectivity index (χ2n) is 3.79. The van der Waals surface area contributed by atoms with Crippen molar-refractivity contribution in [2.45, 2.75) is 0 Å². The second-order valence-corrected chi connectivity index (χ2v) is 5.01. The highest BCUT2D eigenvalue weighted by Crippen LogP contribution is 2.30. The van der Waals surface area contributed by atoms with Crippen LogP contribution >= 0.6 is 34.8 Å². The van der Waals surface area contributed by atoms with E-state index in [0.29, 0.717) is 32.0 Å². The van der Waals surface area contributed by atoms with E-state index in [2.05, 4.69) is 5.32 Å². The van der Waals surface area contributed by atoms with E-state index in [9.17, 15) is 4.79 Å². The van der Waals surface area contributed by atoms with E-state index in [1.54, 1.807) is 30.3 Å². The maximum Gasteiger partial charge on any atom is 0.255 e. The van der Waals surface area contributed by atoms with E-state index in [1.807, 2.05) is 0 Å². The average Bonchev–Trinajstić information content (AvgIpc) is 2.37. The summed E-state index contributed by atoms with van der Waals surface area (Å²) in [6.45, 7) is 0. The summed E-state index contributed by atoms with van der Waals surface area (Å²) in [5, 5.41) is 3.68. The number of nitrogens with two attached hydrogens (primary N) is 1. The zero-order chi connectivity index (χ0) is 14.0. The van der Waals surface area contributed by atoms with Gasteiger partial charge in [0, 0.05) is 5.56 Å². The molecular formula is C13H9Cl3N2O. The third-order valence-electron chi connectivity index (χ3n) is 2.46. The molecule has 19 heavy (non-hydrogen) atoms. The van der Waals surface area contributed by atoms with Crippen molar-refractivity contribution in [3.05, 3.63) is 57.0 Å². The van der Waals surface area contributed by atoms with Crippen LogP contribution in [0, 0.1) is 0 Å². The first-order valence-corrected chi connectivity index (χ1v) is 6.43. The molecule has 0 aliphatic rings. The summed E-state index contributed by atoms with van der Waals surface area (Å²) in [5.41, 5.74) is 6.73. The molecule has 98 valence electrons. The molecule has 2 rings (SSSR count). The molecule has 0 saturated carbocycles. The Balaban J connectivity index is 2.28. The van der Waals surface area contributed by atoms with Gasteiger partial charge in [0.2, 0.25) is 0 Å². The number of carbonyl (C=O) groups is 1. The number of anilines is 2. The number of para-hydroxylation sites is 1. The molecule has 0 fully saturated rings. The van der Waals surface area contributed by atoms with Gasteiger partial charge in [-0.1, -0.05) is 40.9 Å². The molecule has 3 nitrogen and oxygen atoms in total. The molecule has 0 atom stereocenters. The molecule has 0 aliphatic carbocycles. The Morgan fingerprint density at radius 2 is 1.63 bits per heavy atom. The average molecular weight is 316 g/mol. The lowest BCUT2D eigenvalue weighted by Crippen LogP contribution is -2.12. The summed E-state index contributed by atoms with van der Waals surface area (Å²) in [6.07, 6.45) is 0. The lowest BCUT2D eigenvalue weighted by atomic mass is 10.2. The zero-order valence-corrected chi connectivity index (χ0v) is 11.9. The second kappa shape index (κ2) is 5.70. The number of rotatable bonds is 2. The number of halogens is 3. The standard InChI is InChI=1S/C13H9Cl3N2O/c14-8-2-1-3-9(15)12(8)18-13(19)7-4-5-11(17)10(16)6-7/h1-6H,17H2,(H,18,19). The van der Waals surface area contributed by atoms with Gasteiger partial charge in [0.05, 0.1) is 26.4 Å². The molecule has 2 aromatic carbocycles. The molecule has 0 aliphatic heterocycles. The van der Waals surface area contributed by atoms with Gasteiger partial charge >= 0.3 is 0 Å². The van der Waals surface area contributed by atoms with Gasteiger partial charge in [-0.2, -0.15) is 0 Å². The summed E-state index contributed by atoms with van der Waals surface area (Å²) in [7, 11) is 0. The summed E-state index contributed by atoms with van der Waals surface area (Å²) in [5.74, 6) is -0.364. The van der Waals surface area contributed by atoms with E-state index in [4.69, 9.17) is 40.5 Å². The van der Waals surface area contributed by atoms with Gasteiger partial charge in [-0.25, -0.2) is 0 Å². The minimum Gasteiger partial charge on any atom is -0.398 e. The zero-order valence-electron chi connectivity index (χ0n) is 9.58. The number of nitrogens with one attached hydrogen (secondary N) is 1. The molecule has 0 bridgehead atoms. The van der Waals surface area contributed by atoms with Crippen LogP contribution in [0.2, 0.25) is 15.1 Å². The van der Waals surface area contributed by atoms with Gasteiger partial charge in [-0.05, 0) is 30.3 Å². The van der Waals surface area contributed by atoms with E-state index in [1.165, 1.54) is 6.07 Å². The van der Waals surface area contributed by atoms with Crippen molar-refractivity contribution in [3.63, 3.8) is 0 Å². The van der Waals surface area contributed by atoms with E-state index >= 15 is 0 Å². The van der Waals surface area contributed by atoms with Crippen LogP contribution in [0.25, 0.3) is 0 Å². The van der Waals surface area contributed by atoms with Crippen LogP contribution in [0.3, 0.4) is 0 Å². The number of nitrogen functional groups attached to an aromatic ring is 1. The Morgan fingerprint density at radius 3 is 2.21 bits per heavy atom. The van der Waals surface area contributed by atoms with Crippen molar-refractivity contribution in [1.29, 1.82) is 0 Å². The highest BCUT2D eigenvalue weighted by atomic mass is 35.5. The molecule has 6 heteroatoms. The van der Waals surface area contributed by atoms with Gasteiger partial charge in [0.15, 0.2) is 0 Å². The molecule has 0 unspecified atom stereocenters. The van der Waals surface area contributed by atoms with Gasteiger partial charge < -0.3 is 11.1 Å². The van der Waals surface area contributed by atoms with Crippen LogP contribution in [0.4, 0.5) is 11.4 Å². The molecule has 0 heterocycles. The fraction of sp³-hybridized carbons (Fsp3) is 0. The van der Waals surface area contributed by atoms with E-state index in [0.717, 1.165) is 0 Å². The van der Waals surface area contributed by atoms with Crippen molar-refractivity contribution >= 4 is 52.1 Å². The molecule has 0 saturated heterocycles. The number of amides is 1. The van der Waals surface area contributed by atoms with Crippen LogP contribution in [0.1, 0.15) is 10.4 Å². The van der Waals surface area contributed by atoms with Crippen molar-refractivity contribution in [2.24, 2.45) is 0 Å². The normalized spacial score (nSPS) is 10.3. The Labute approximate surface area is 125 Å². The SMILES string of the molecule is Nc1ccc(C(=O)Nc2c(Cl)cccc2Cl)cc1Cl. The molecule has 0 spiro atoms. The quantitative estimate of drug-likeness (QED) is 0.803. The van der Waals surface area contributed by atoms with Crippen LogP contribution in [-0.4, -0.2) is 5.91 Å². The number of hydrogen-bond acceptors (Lipinski definition) is 2. The Hall–Kier alpha value is -1.42. The Bertz CT molecular complexity index is 624. The lowest BCUT2D eigenvalue weighted by molar-refractivity contribution is 0.102. The number of carbonyl (C=O) groups excluding carboxylic acids is 1. The van der Waals surface area contributed by atoms with Crippen LogP contribution in [-0.2, 0) is 0 Å². The molecular weight excluding hydrogens is 307 g/mol. The molecule has 1 amide bonds. The summed E-state index contributed by atoms with van der Waals surface area (Å²) < 4.78 is 0. The third-order valence-corrected chi connectivity index (χ3v) is 3.42. The van der Waals surface area contributed by atoms with E-state index in [-0.39, 0.29) is 5.91 Å². The van der Waals surface area contributed by atoms with Crippen molar-refractivity contribution in [3.8, 4) is 0 Å². The highest BCUT2D eigenvalue weighted by Gasteiger charge is 2.12. The number of hydrogen-bond donors (Lipinski definition) is 2. The summed E-state index contributed by atoms with van der Waals surface area (Å²) in [4.78, 5) is 12.1. The highest BCUT2D eigenvalue weighted by molar-refractivity contribution is 6.40. The third kappa shape index (κ3) is 3.13. The fourth-order valence-electron chi connectivity index (χ4n) is 1.47. The van der Waals surface area contributed by atoms with E-state index < -0.39 is 0 Å². The predicted molar refractivity (Wildman–Crippen MR) is 80.3 cm³/mol. The molecule has 0 radical (unpaired) electrons. The van der Waals surface area contributed by atoms with Crippen molar-refractivity contribution in [2.75, 3.05) is 11.1 Å². The van der Waals surface area contributed by atoms with Gasteiger partial charge in [0.1, 0.15) is 0 Å². The summed E-state index contributed by atoms with van der Waals surface area (Å²) in [6, 6.07) is 9.59. The predicted octanol–water partition coefficient (Wildman–Crippen LogP) is 4.48. The lowest BCUT2D eigenvalue weighted by Gasteiger charge is -2.09. The Kier molecular flexibility index (Phi) is 4.20. The van der Waals surface area contributed by atoms with Gasteiger partial charge in [0.25, 0.3) is 5.91 Å². The van der Waals surface area contributed by atoms with Crippen molar-refractivity contribution < 1.29 is 4.79 Å². The first-order chi connectivity index (χ1) is 8.99. The fourth-order valence-corrected chi connectivity index (χ4v) is 2.14. The van der Waals surface area contributed by atoms with Crippen LogP contribution < -0.4 is 11.1 Å². The van der Waals surface area contributed by atoms with Crippen LogP contribution in [0.15, 0.2) is 36.4 Å². The topological polar surface area (TPSA) is 55.1 Å². The first-order valence-electron chi connectivity index (χ1n) is 5.29. The first kappa shape index (κ1) is 14.0. The maximum atomic E-state index is 12.1. The minimum atomic E-state index is -0.364. The monoisotopic (exact) mass is 314 g/mol. The molecule has 2 aromatic rings. The smallest absolute Gasteiger partial charge is 0.255 e. The minimum absolute atomic E-state index is 0.318. The van der Waals surface area contributed by atoms with Gasteiger partial charge in [-0.3, -0.25) is 4.79 Å². The van der Waals surface area contributed by atoms with Gasteiger partial charge in [-0.15, -0.1) is 0 Å². The number of benzene rings is 2. The van der Waals surface area contributed by atoms with Crippen molar-refractivity contribution in [1.82, 2.24) is 0 Å². The summed E-state index contributed by atoms with van der Waals surface area (Å²) >= 11 is 17.8.